The van der Waals surface area contributed by atoms with Crippen molar-refractivity contribution in [2.45, 2.75) is 31.2 Å². The van der Waals surface area contributed by atoms with Crippen LogP contribution in [0.1, 0.15) is 44.5 Å². The van der Waals surface area contributed by atoms with Crippen LogP contribution in [-0.4, -0.2) is 38.2 Å². The molecule has 0 saturated carbocycles. The third-order valence-corrected chi connectivity index (χ3v) is 8.11. The fourth-order valence-corrected chi connectivity index (χ4v) is 6.39. The van der Waals surface area contributed by atoms with Gasteiger partial charge in [-0.3, -0.25) is 19.2 Å². The summed E-state index contributed by atoms with van der Waals surface area (Å²) in [5.41, 5.74) is 7.45. The monoisotopic (exact) mass is 498 g/mol. The molecule has 0 radical (unpaired) electrons. The standard InChI is InChI=1S/C24H26N4O4S2/c1-2-12-28-13-11-19-20(15-28)33-24(21(19)22(25)29)26-23(30)16-7-6-8-17(14-16)27-34(31,32)18-9-4-3-5-10-18/h3-10,14,27H,2,11-13,15H2,1H3,(H2,25,29)(H,26,30). The first-order chi connectivity index (χ1) is 16.3. The van der Waals surface area contributed by atoms with E-state index in [9.17, 15) is 18.0 Å². The topological polar surface area (TPSA) is 122 Å². The Hall–Kier alpha value is -3.21. The molecule has 2 aromatic carbocycles. The van der Waals surface area contributed by atoms with E-state index in [2.05, 4.69) is 21.9 Å². The van der Waals surface area contributed by atoms with Gasteiger partial charge in [0.15, 0.2) is 0 Å². The molecule has 8 nitrogen and oxygen atoms in total. The number of thiophene rings is 1. The van der Waals surface area contributed by atoms with Crippen molar-refractivity contribution >= 4 is 43.9 Å². The second kappa shape index (κ2) is 9.96. The smallest absolute Gasteiger partial charge is 0.261 e. The molecule has 0 fully saturated rings. The summed E-state index contributed by atoms with van der Waals surface area (Å²) in [4.78, 5) is 28.7. The Morgan fingerprint density at radius 3 is 2.59 bits per heavy atom. The van der Waals surface area contributed by atoms with Crippen molar-refractivity contribution in [1.82, 2.24) is 4.90 Å². The number of hydrogen-bond donors (Lipinski definition) is 3. The minimum absolute atomic E-state index is 0.122. The van der Waals surface area contributed by atoms with Gasteiger partial charge in [-0.2, -0.15) is 0 Å². The van der Waals surface area contributed by atoms with Gasteiger partial charge >= 0.3 is 0 Å². The molecule has 4 N–H and O–H groups in total. The van der Waals surface area contributed by atoms with Crippen LogP contribution >= 0.6 is 11.3 Å². The highest BCUT2D eigenvalue weighted by Crippen LogP contribution is 2.37. The zero-order valence-electron chi connectivity index (χ0n) is 18.7. The van der Waals surface area contributed by atoms with Gasteiger partial charge in [0.25, 0.3) is 21.8 Å². The number of sulfonamides is 1. The van der Waals surface area contributed by atoms with Crippen LogP contribution in [0, 0.1) is 0 Å². The number of benzene rings is 2. The Kier molecular flexibility index (Phi) is 7.01. The number of amides is 2. The van der Waals surface area contributed by atoms with E-state index in [1.54, 1.807) is 36.4 Å². The first kappa shape index (κ1) is 23.9. The number of hydrogen-bond acceptors (Lipinski definition) is 6. The van der Waals surface area contributed by atoms with Crippen LogP contribution in [0.25, 0.3) is 0 Å². The van der Waals surface area contributed by atoms with E-state index >= 15 is 0 Å². The van der Waals surface area contributed by atoms with Crippen LogP contribution < -0.4 is 15.8 Å². The lowest BCUT2D eigenvalue weighted by atomic mass is 10.0. The van der Waals surface area contributed by atoms with Crippen LogP contribution in [0.15, 0.2) is 59.5 Å². The largest absolute Gasteiger partial charge is 0.365 e. The third-order valence-electron chi connectivity index (χ3n) is 5.58. The number of anilines is 2. The van der Waals surface area contributed by atoms with E-state index in [1.807, 2.05) is 0 Å². The summed E-state index contributed by atoms with van der Waals surface area (Å²) in [5.74, 6) is -1.02. The van der Waals surface area contributed by atoms with Crippen LogP contribution in [0.2, 0.25) is 0 Å². The van der Waals surface area contributed by atoms with Crippen molar-refractivity contribution in [2.24, 2.45) is 5.73 Å². The number of nitrogens with zero attached hydrogens (tertiary/aromatic N) is 1. The quantitative estimate of drug-likeness (QED) is 0.438. The van der Waals surface area contributed by atoms with Gasteiger partial charge in [-0.15, -0.1) is 11.3 Å². The van der Waals surface area contributed by atoms with Gasteiger partial charge in [0.05, 0.1) is 10.5 Å². The lowest BCUT2D eigenvalue weighted by molar-refractivity contribution is 0.1000. The molecule has 0 aliphatic carbocycles. The number of primary amides is 1. The lowest BCUT2D eigenvalue weighted by Gasteiger charge is -2.26. The molecule has 2 heterocycles. The number of carbonyl (C=O) groups excluding carboxylic acids is 2. The molecule has 3 aromatic rings. The van der Waals surface area contributed by atoms with Crippen LogP contribution in [0.4, 0.5) is 10.7 Å². The molecule has 34 heavy (non-hydrogen) atoms. The first-order valence-electron chi connectivity index (χ1n) is 10.9. The van der Waals surface area contributed by atoms with Gasteiger partial charge in [0.1, 0.15) is 5.00 Å². The van der Waals surface area contributed by atoms with Crippen LogP contribution in [0.3, 0.4) is 0 Å². The second-order valence-corrected chi connectivity index (χ2v) is 10.8. The molecule has 178 valence electrons. The van der Waals surface area contributed by atoms with Crippen molar-refractivity contribution in [1.29, 1.82) is 0 Å². The van der Waals surface area contributed by atoms with E-state index in [4.69, 9.17) is 5.73 Å². The summed E-state index contributed by atoms with van der Waals surface area (Å²) < 4.78 is 27.7. The predicted molar refractivity (Wildman–Crippen MR) is 134 cm³/mol. The Bertz CT molecular complexity index is 1320. The third kappa shape index (κ3) is 5.14. The van der Waals surface area contributed by atoms with Crippen molar-refractivity contribution in [3.05, 3.63) is 76.2 Å². The molecule has 0 saturated heterocycles. The zero-order chi connectivity index (χ0) is 24.3. The van der Waals surface area contributed by atoms with Crippen LogP contribution in [-0.2, 0) is 23.0 Å². The summed E-state index contributed by atoms with van der Waals surface area (Å²) in [5, 5.41) is 3.24. The normalized spacial score (nSPS) is 13.8. The minimum atomic E-state index is -3.79. The summed E-state index contributed by atoms with van der Waals surface area (Å²) in [6, 6.07) is 14.2. The fraction of sp³-hybridized carbons (Fsp3) is 0.250. The lowest BCUT2D eigenvalue weighted by Crippen LogP contribution is -2.31. The average molecular weight is 499 g/mol. The van der Waals surface area contributed by atoms with Gasteiger partial charge in [-0.1, -0.05) is 31.2 Å². The molecular weight excluding hydrogens is 472 g/mol. The number of nitrogens with one attached hydrogen (secondary N) is 2. The summed E-state index contributed by atoms with van der Waals surface area (Å²) >= 11 is 1.37. The number of nitrogens with two attached hydrogens (primary N) is 1. The fourth-order valence-electron chi connectivity index (χ4n) is 4.03. The van der Waals surface area contributed by atoms with Gasteiger partial charge in [0.2, 0.25) is 0 Å². The van der Waals surface area contributed by atoms with E-state index < -0.39 is 21.8 Å². The van der Waals surface area contributed by atoms with E-state index in [-0.39, 0.29) is 16.1 Å². The minimum Gasteiger partial charge on any atom is -0.365 e. The molecule has 0 unspecified atom stereocenters. The summed E-state index contributed by atoms with van der Waals surface area (Å²) in [7, 11) is -3.79. The number of rotatable bonds is 8. The Morgan fingerprint density at radius 2 is 1.88 bits per heavy atom. The van der Waals surface area contributed by atoms with Crippen molar-refractivity contribution in [2.75, 3.05) is 23.1 Å². The molecule has 10 heteroatoms. The number of fused-ring (bicyclic) bond motifs is 1. The Balaban J connectivity index is 1.55. The van der Waals surface area contributed by atoms with Crippen molar-refractivity contribution < 1.29 is 18.0 Å². The van der Waals surface area contributed by atoms with Crippen molar-refractivity contribution in [3.63, 3.8) is 0 Å². The van der Waals surface area contributed by atoms with Gasteiger partial charge < -0.3 is 11.1 Å². The van der Waals surface area contributed by atoms with E-state index in [1.165, 1.54) is 29.5 Å². The van der Waals surface area contributed by atoms with E-state index in [0.717, 1.165) is 36.5 Å². The van der Waals surface area contributed by atoms with Crippen molar-refractivity contribution in [3.8, 4) is 0 Å². The summed E-state index contributed by atoms with van der Waals surface area (Å²) in [6.07, 6.45) is 1.74. The molecule has 0 spiro atoms. The highest BCUT2D eigenvalue weighted by atomic mass is 32.2. The van der Waals surface area contributed by atoms with E-state index in [0.29, 0.717) is 17.0 Å². The average Bonchev–Trinajstić information content (AvgIpc) is 3.17. The Labute approximate surface area is 202 Å². The predicted octanol–water partition coefficient (Wildman–Crippen LogP) is 3.67. The second-order valence-electron chi connectivity index (χ2n) is 8.05. The first-order valence-corrected chi connectivity index (χ1v) is 13.2. The van der Waals surface area contributed by atoms with Gasteiger partial charge in [-0.05, 0) is 55.3 Å². The molecule has 1 aliphatic heterocycles. The van der Waals surface area contributed by atoms with Crippen LogP contribution in [0.5, 0.6) is 0 Å². The molecule has 2 amide bonds. The molecule has 0 atom stereocenters. The maximum Gasteiger partial charge on any atom is 0.261 e. The van der Waals surface area contributed by atoms with Gasteiger partial charge in [0, 0.05) is 29.2 Å². The molecule has 1 aliphatic rings. The zero-order valence-corrected chi connectivity index (χ0v) is 20.3. The maximum atomic E-state index is 13.0. The maximum absolute atomic E-state index is 13.0. The SMILES string of the molecule is CCCN1CCc2c(sc(NC(=O)c3cccc(NS(=O)(=O)c4ccccc4)c3)c2C(N)=O)C1. The Morgan fingerprint density at radius 1 is 1.12 bits per heavy atom. The highest BCUT2D eigenvalue weighted by molar-refractivity contribution is 7.92. The molecule has 1 aromatic heterocycles. The summed E-state index contributed by atoms with van der Waals surface area (Å²) in [6.45, 7) is 4.66. The van der Waals surface area contributed by atoms with Gasteiger partial charge in [-0.25, -0.2) is 8.42 Å². The molecule has 4 rings (SSSR count). The molecule has 0 bridgehead atoms. The highest BCUT2D eigenvalue weighted by Gasteiger charge is 2.27. The molecular formula is C24H26N4O4S2. The number of carbonyl (C=O) groups is 2.